The van der Waals surface area contributed by atoms with Gasteiger partial charge in [0.1, 0.15) is 5.75 Å². The van der Waals surface area contributed by atoms with Crippen molar-refractivity contribution >= 4 is 54.8 Å². The van der Waals surface area contributed by atoms with Gasteiger partial charge < -0.3 is 21.5 Å². The van der Waals surface area contributed by atoms with Crippen molar-refractivity contribution in [2.75, 3.05) is 18.2 Å². The smallest absolute Gasteiger partial charge is 0.250 e. The number of amides is 1. The molecule has 0 unspecified atom stereocenters. The number of hydrogen-bond donors (Lipinski definition) is 3. The number of benzene rings is 2. The summed E-state index contributed by atoms with van der Waals surface area (Å²) in [6.45, 7) is 0. The van der Waals surface area contributed by atoms with Crippen molar-refractivity contribution in [1.29, 1.82) is 0 Å². The first-order valence-corrected chi connectivity index (χ1v) is 7.50. The van der Waals surface area contributed by atoms with Crippen LogP contribution in [0.15, 0.2) is 39.3 Å². The van der Waals surface area contributed by atoms with Crippen LogP contribution in [-0.2, 0) is 0 Å². The number of rotatable bonds is 4. The predicted molar refractivity (Wildman–Crippen MR) is 91.0 cm³/mol. The minimum Gasteiger partial charge on any atom is -0.495 e. The standard InChI is InChI=1S/C14H13Br2N3O2/c1-21-13-6-12(9(15)5-10(13)16)19-11-4-7(17)2-3-8(11)14(18)20/h2-6,19H,17H2,1H3,(H2,18,20). The average Bonchev–Trinajstić information content (AvgIpc) is 2.41. The summed E-state index contributed by atoms with van der Waals surface area (Å²) < 4.78 is 6.87. The Labute approximate surface area is 138 Å². The summed E-state index contributed by atoms with van der Waals surface area (Å²) >= 11 is 6.85. The van der Waals surface area contributed by atoms with Crippen molar-refractivity contribution in [3.63, 3.8) is 0 Å². The van der Waals surface area contributed by atoms with Gasteiger partial charge in [-0.15, -0.1) is 0 Å². The number of nitrogen functional groups attached to an aromatic ring is 1. The number of carbonyl (C=O) groups is 1. The van der Waals surface area contributed by atoms with Gasteiger partial charge >= 0.3 is 0 Å². The molecule has 0 saturated heterocycles. The van der Waals surface area contributed by atoms with Crippen LogP contribution < -0.4 is 21.5 Å². The Morgan fingerprint density at radius 2 is 1.86 bits per heavy atom. The number of methoxy groups -OCH3 is 1. The molecule has 0 spiro atoms. The van der Waals surface area contributed by atoms with Gasteiger partial charge in [0, 0.05) is 16.2 Å². The minimum absolute atomic E-state index is 0.359. The molecule has 5 nitrogen and oxygen atoms in total. The molecule has 0 atom stereocenters. The maximum absolute atomic E-state index is 11.5. The van der Waals surface area contributed by atoms with E-state index in [1.54, 1.807) is 31.4 Å². The van der Waals surface area contributed by atoms with Crippen LogP contribution in [0.4, 0.5) is 17.1 Å². The fourth-order valence-electron chi connectivity index (χ4n) is 1.81. The number of hydrogen-bond acceptors (Lipinski definition) is 4. The van der Waals surface area contributed by atoms with Crippen molar-refractivity contribution < 1.29 is 9.53 Å². The molecule has 1 amide bonds. The van der Waals surface area contributed by atoms with Crippen molar-refractivity contribution in [2.24, 2.45) is 5.73 Å². The molecular formula is C14H13Br2N3O2. The molecule has 5 N–H and O–H groups in total. The van der Waals surface area contributed by atoms with Crippen LogP contribution in [0, 0.1) is 0 Å². The Morgan fingerprint density at radius 1 is 1.14 bits per heavy atom. The van der Waals surface area contributed by atoms with Crippen LogP contribution in [0.25, 0.3) is 0 Å². The van der Waals surface area contributed by atoms with E-state index in [4.69, 9.17) is 16.2 Å². The summed E-state index contributed by atoms with van der Waals surface area (Å²) in [6.07, 6.45) is 0. The Morgan fingerprint density at radius 3 is 2.48 bits per heavy atom. The third-order valence-corrected chi connectivity index (χ3v) is 4.10. The van der Waals surface area contributed by atoms with E-state index in [0.717, 1.165) is 14.6 Å². The van der Waals surface area contributed by atoms with Gasteiger partial charge in [-0.2, -0.15) is 0 Å². The van der Waals surface area contributed by atoms with E-state index < -0.39 is 5.91 Å². The summed E-state index contributed by atoms with van der Waals surface area (Å²) in [5.74, 6) is 0.128. The largest absolute Gasteiger partial charge is 0.495 e. The van der Waals surface area contributed by atoms with E-state index >= 15 is 0 Å². The van der Waals surface area contributed by atoms with Crippen molar-refractivity contribution in [1.82, 2.24) is 0 Å². The zero-order chi connectivity index (χ0) is 15.6. The summed E-state index contributed by atoms with van der Waals surface area (Å²) in [4.78, 5) is 11.5. The maximum atomic E-state index is 11.5. The molecule has 110 valence electrons. The van der Waals surface area contributed by atoms with Crippen LogP contribution in [0.5, 0.6) is 5.75 Å². The molecule has 0 fully saturated rings. The fourth-order valence-corrected chi connectivity index (χ4v) is 3.06. The lowest BCUT2D eigenvalue weighted by molar-refractivity contribution is 0.100. The molecule has 0 bridgehead atoms. The zero-order valence-electron chi connectivity index (χ0n) is 11.1. The van der Waals surface area contributed by atoms with Gasteiger partial charge in [-0.3, -0.25) is 4.79 Å². The monoisotopic (exact) mass is 413 g/mol. The molecule has 0 aromatic heterocycles. The van der Waals surface area contributed by atoms with Gasteiger partial charge in [0.25, 0.3) is 5.91 Å². The predicted octanol–water partition coefficient (Wildman–Crippen LogP) is 3.64. The molecule has 7 heteroatoms. The highest BCUT2D eigenvalue weighted by atomic mass is 79.9. The van der Waals surface area contributed by atoms with E-state index in [2.05, 4.69) is 37.2 Å². The molecule has 0 saturated carbocycles. The third kappa shape index (κ3) is 3.48. The highest BCUT2D eigenvalue weighted by molar-refractivity contribution is 9.11. The van der Waals surface area contributed by atoms with Crippen LogP contribution in [-0.4, -0.2) is 13.0 Å². The molecule has 0 aliphatic heterocycles. The van der Waals surface area contributed by atoms with Gasteiger partial charge in [0.05, 0.1) is 28.5 Å². The summed E-state index contributed by atoms with van der Waals surface area (Å²) in [5, 5.41) is 3.14. The lowest BCUT2D eigenvalue weighted by Gasteiger charge is -2.14. The first kappa shape index (κ1) is 15.7. The van der Waals surface area contributed by atoms with Crippen LogP contribution in [0.3, 0.4) is 0 Å². The SMILES string of the molecule is COc1cc(Nc2cc(N)ccc2C(N)=O)c(Br)cc1Br. The van der Waals surface area contributed by atoms with Gasteiger partial charge in [-0.25, -0.2) is 0 Å². The number of anilines is 3. The van der Waals surface area contributed by atoms with E-state index in [0.29, 0.717) is 22.7 Å². The van der Waals surface area contributed by atoms with Crippen LogP contribution in [0.1, 0.15) is 10.4 Å². The molecule has 0 radical (unpaired) electrons. The van der Waals surface area contributed by atoms with Crippen molar-refractivity contribution in [3.8, 4) is 5.75 Å². The first-order chi connectivity index (χ1) is 9.92. The Hall–Kier alpha value is -1.73. The van der Waals surface area contributed by atoms with E-state index in [1.165, 1.54) is 0 Å². The molecule has 0 aliphatic rings. The average molecular weight is 415 g/mol. The summed E-state index contributed by atoms with van der Waals surface area (Å²) in [7, 11) is 1.58. The van der Waals surface area contributed by atoms with Crippen LogP contribution >= 0.6 is 31.9 Å². The van der Waals surface area contributed by atoms with Gasteiger partial charge in [-0.05, 0) is 56.1 Å². The molecule has 2 aromatic carbocycles. The highest BCUT2D eigenvalue weighted by Crippen LogP contribution is 2.36. The molecule has 2 rings (SSSR count). The minimum atomic E-state index is -0.530. The second-order valence-electron chi connectivity index (χ2n) is 4.26. The number of nitrogens with two attached hydrogens (primary N) is 2. The normalized spacial score (nSPS) is 10.2. The summed E-state index contributed by atoms with van der Waals surface area (Å²) in [5.41, 5.74) is 13.3. The molecule has 21 heavy (non-hydrogen) atoms. The second kappa shape index (κ2) is 6.36. The Bertz CT molecular complexity index is 705. The summed E-state index contributed by atoms with van der Waals surface area (Å²) in [6, 6.07) is 8.51. The zero-order valence-corrected chi connectivity index (χ0v) is 14.3. The van der Waals surface area contributed by atoms with Crippen molar-refractivity contribution in [3.05, 3.63) is 44.8 Å². The third-order valence-electron chi connectivity index (χ3n) is 2.82. The van der Waals surface area contributed by atoms with Gasteiger partial charge in [0.2, 0.25) is 0 Å². The highest BCUT2D eigenvalue weighted by Gasteiger charge is 2.12. The number of halogens is 2. The van der Waals surface area contributed by atoms with E-state index in [-0.39, 0.29) is 0 Å². The maximum Gasteiger partial charge on any atom is 0.250 e. The molecule has 0 heterocycles. The second-order valence-corrected chi connectivity index (χ2v) is 5.97. The lowest BCUT2D eigenvalue weighted by Crippen LogP contribution is -2.13. The van der Waals surface area contributed by atoms with Crippen molar-refractivity contribution in [2.45, 2.75) is 0 Å². The first-order valence-electron chi connectivity index (χ1n) is 5.91. The van der Waals surface area contributed by atoms with Crippen LogP contribution in [0.2, 0.25) is 0 Å². The fraction of sp³-hybridized carbons (Fsp3) is 0.0714. The van der Waals surface area contributed by atoms with E-state index in [1.807, 2.05) is 6.07 Å². The number of carbonyl (C=O) groups excluding carboxylic acids is 1. The molecular weight excluding hydrogens is 402 g/mol. The topological polar surface area (TPSA) is 90.4 Å². The Balaban J connectivity index is 2.47. The Kier molecular flexibility index (Phi) is 4.74. The van der Waals surface area contributed by atoms with Gasteiger partial charge in [-0.1, -0.05) is 0 Å². The number of nitrogens with one attached hydrogen (secondary N) is 1. The molecule has 2 aromatic rings. The molecule has 0 aliphatic carbocycles. The van der Waals surface area contributed by atoms with Gasteiger partial charge in [0.15, 0.2) is 0 Å². The quantitative estimate of drug-likeness (QED) is 0.666. The lowest BCUT2D eigenvalue weighted by atomic mass is 10.1. The number of primary amides is 1. The number of ether oxygens (including phenoxy) is 1. The van der Waals surface area contributed by atoms with E-state index in [9.17, 15) is 4.79 Å².